The van der Waals surface area contributed by atoms with E-state index in [1.165, 1.54) is 5.56 Å². The maximum Gasteiger partial charge on any atom is 0.161 e. The predicted molar refractivity (Wildman–Crippen MR) is 59.6 cm³/mol. The van der Waals surface area contributed by atoms with Crippen LogP contribution in [-0.4, -0.2) is 31.2 Å². The standard InChI is InChI=1S/C11H14ClNO2/c1-13(8-12)7-9-2-3-10-11(6-9)15-5-4-14-10/h2-3,6H,4-5,7-8H2,1H3. The molecule has 0 amide bonds. The fraction of sp³-hybridized carbons (Fsp3) is 0.455. The molecule has 2 rings (SSSR count). The molecule has 0 aromatic heterocycles. The second kappa shape index (κ2) is 4.73. The molecule has 0 radical (unpaired) electrons. The van der Waals surface area contributed by atoms with Crippen molar-refractivity contribution in [2.75, 3.05) is 26.3 Å². The molecule has 0 atom stereocenters. The molecule has 1 aliphatic rings. The first-order valence-corrected chi connectivity index (χ1v) is 5.46. The zero-order valence-corrected chi connectivity index (χ0v) is 9.46. The number of alkyl halides is 1. The van der Waals surface area contributed by atoms with Gasteiger partial charge in [0.15, 0.2) is 11.5 Å². The van der Waals surface area contributed by atoms with Crippen LogP contribution in [0.3, 0.4) is 0 Å². The predicted octanol–water partition coefficient (Wildman–Crippen LogP) is 2.09. The Kier molecular flexibility index (Phi) is 3.34. The molecule has 0 spiro atoms. The molecule has 1 aromatic carbocycles. The number of hydrogen-bond acceptors (Lipinski definition) is 3. The number of rotatable bonds is 3. The van der Waals surface area contributed by atoms with Crippen molar-refractivity contribution >= 4 is 11.6 Å². The van der Waals surface area contributed by atoms with Crippen LogP contribution in [0.2, 0.25) is 0 Å². The zero-order chi connectivity index (χ0) is 10.7. The highest BCUT2D eigenvalue weighted by Gasteiger charge is 2.11. The van der Waals surface area contributed by atoms with Crippen LogP contribution in [0.4, 0.5) is 0 Å². The minimum absolute atomic E-state index is 0.522. The first-order chi connectivity index (χ1) is 7.29. The molecule has 0 fully saturated rings. The summed E-state index contributed by atoms with van der Waals surface area (Å²) in [6.45, 7) is 2.08. The maximum absolute atomic E-state index is 5.72. The van der Waals surface area contributed by atoms with Crippen LogP contribution in [0.5, 0.6) is 11.5 Å². The van der Waals surface area contributed by atoms with Crippen molar-refractivity contribution in [2.24, 2.45) is 0 Å². The summed E-state index contributed by atoms with van der Waals surface area (Å²) in [5.74, 6) is 1.67. The number of ether oxygens (including phenoxy) is 2. The van der Waals surface area contributed by atoms with E-state index in [0.29, 0.717) is 19.2 Å². The lowest BCUT2D eigenvalue weighted by Gasteiger charge is -2.20. The van der Waals surface area contributed by atoms with Crippen molar-refractivity contribution in [1.82, 2.24) is 4.90 Å². The number of fused-ring (bicyclic) bond motifs is 1. The Labute approximate surface area is 94.5 Å². The van der Waals surface area contributed by atoms with Crippen molar-refractivity contribution in [3.63, 3.8) is 0 Å². The topological polar surface area (TPSA) is 21.7 Å². The molecule has 0 saturated carbocycles. The maximum atomic E-state index is 5.72. The van der Waals surface area contributed by atoms with Crippen LogP contribution in [0.25, 0.3) is 0 Å². The summed E-state index contributed by atoms with van der Waals surface area (Å²) in [5, 5.41) is 0. The van der Waals surface area contributed by atoms with Gasteiger partial charge in [-0.15, -0.1) is 11.6 Å². The molecule has 0 N–H and O–H groups in total. The van der Waals surface area contributed by atoms with E-state index in [9.17, 15) is 0 Å². The molecular formula is C11H14ClNO2. The fourth-order valence-electron chi connectivity index (χ4n) is 1.54. The molecule has 0 saturated heterocycles. The van der Waals surface area contributed by atoms with E-state index in [2.05, 4.69) is 0 Å². The Bertz CT molecular complexity index is 343. The molecule has 3 nitrogen and oxygen atoms in total. The van der Waals surface area contributed by atoms with Gasteiger partial charge < -0.3 is 9.47 Å². The lowest BCUT2D eigenvalue weighted by molar-refractivity contribution is 0.171. The van der Waals surface area contributed by atoms with Crippen molar-refractivity contribution in [3.05, 3.63) is 23.8 Å². The average Bonchev–Trinajstić information content (AvgIpc) is 2.29. The van der Waals surface area contributed by atoms with E-state index >= 15 is 0 Å². The van der Waals surface area contributed by atoms with E-state index in [1.54, 1.807) is 0 Å². The third-order valence-electron chi connectivity index (χ3n) is 2.26. The van der Waals surface area contributed by atoms with Crippen LogP contribution in [-0.2, 0) is 6.54 Å². The van der Waals surface area contributed by atoms with Crippen LogP contribution in [0.1, 0.15) is 5.56 Å². The van der Waals surface area contributed by atoms with Gasteiger partial charge in [-0.1, -0.05) is 6.07 Å². The van der Waals surface area contributed by atoms with E-state index in [-0.39, 0.29) is 0 Å². The Hall–Kier alpha value is -0.930. The van der Waals surface area contributed by atoms with E-state index < -0.39 is 0 Å². The zero-order valence-electron chi connectivity index (χ0n) is 8.70. The monoisotopic (exact) mass is 227 g/mol. The van der Waals surface area contributed by atoms with Crippen molar-refractivity contribution < 1.29 is 9.47 Å². The van der Waals surface area contributed by atoms with Gasteiger partial charge in [0.05, 0.1) is 6.00 Å². The Morgan fingerprint density at radius 2 is 2.00 bits per heavy atom. The Morgan fingerprint density at radius 1 is 1.27 bits per heavy atom. The summed E-state index contributed by atoms with van der Waals surface area (Å²) in [6, 6.07) is 6.52. The normalized spacial score (nSPS) is 14.3. The third-order valence-corrected chi connectivity index (χ3v) is 2.67. The lowest BCUT2D eigenvalue weighted by atomic mass is 10.2. The summed E-state index contributed by atoms with van der Waals surface area (Å²) in [7, 11) is 1.98. The second-order valence-electron chi connectivity index (χ2n) is 3.61. The number of hydrogen-bond donors (Lipinski definition) is 0. The van der Waals surface area contributed by atoms with Gasteiger partial charge in [-0.2, -0.15) is 0 Å². The summed E-state index contributed by atoms with van der Waals surface area (Å²) < 4.78 is 10.9. The van der Waals surface area contributed by atoms with Crippen molar-refractivity contribution in [3.8, 4) is 11.5 Å². The summed E-state index contributed by atoms with van der Waals surface area (Å²) >= 11 is 5.72. The lowest BCUT2D eigenvalue weighted by Crippen LogP contribution is -2.17. The highest BCUT2D eigenvalue weighted by molar-refractivity contribution is 6.17. The third kappa shape index (κ3) is 2.55. The number of halogens is 1. The molecule has 0 aliphatic carbocycles. The van der Waals surface area contributed by atoms with Crippen LogP contribution in [0.15, 0.2) is 18.2 Å². The van der Waals surface area contributed by atoms with Crippen molar-refractivity contribution in [1.29, 1.82) is 0 Å². The molecule has 15 heavy (non-hydrogen) atoms. The fourth-order valence-corrected chi connectivity index (χ4v) is 1.62. The van der Waals surface area contributed by atoms with Gasteiger partial charge in [0.25, 0.3) is 0 Å². The number of nitrogens with zero attached hydrogens (tertiary/aromatic N) is 1. The quantitative estimate of drug-likeness (QED) is 0.583. The average molecular weight is 228 g/mol. The van der Waals surface area contributed by atoms with Crippen LogP contribution >= 0.6 is 11.6 Å². The first-order valence-electron chi connectivity index (χ1n) is 4.92. The highest BCUT2D eigenvalue weighted by Crippen LogP contribution is 2.30. The van der Waals surface area contributed by atoms with E-state index in [1.807, 2.05) is 30.1 Å². The first kappa shape index (κ1) is 10.6. The smallest absolute Gasteiger partial charge is 0.161 e. The SMILES string of the molecule is CN(CCl)Cc1ccc2c(c1)OCCO2. The summed E-state index contributed by atoms with van der Waals surface area (Å²) in [5.41, 5.74) is 1.18. The molecule has 0 unspecified atom stereocenters. The summed E-state index contributed by atoms with van der Waals surface area (Å²) in [4.78, 5) is 2.02. The van der Waals surface area contributed by atoms with Gasteiger partial charge in [0.2, 0.25) is 0 Å². The number of benzene rings is 1. The van der Waals surface area contributed by atoms with E-state index in [4.69, 9.17) is 21.1 Å². The molecule has 1 aromatic rings. The largest absolute Gasteiger partial charge is 0.486 e. The summed E-state index contributed by atoms with van der Waals surface area (Å²) in [6.07, 6.45) is 0. The second-order valence-corrected chi connectivity index (χ2v) is 3.85. The molecule has 1 aliphatic heterocycles. The Balaban J connectivity index is 2.13. The van der Waals surface area contributed by atoms with Gasteiger partial charge in [0.1, 0.15) is 13.2 Å². The molecule has 82 valence electrons. The highest BCUT2D eigenvalue weighted by atomic mass is 35.5. The van der Waals surface area contributed by atoms with E-state index in [0.717, 1.165) is 18.0 Å². The van der Waals surface area contributed by atoms with Crippen LogP contribution in [0, 0.1) is 0 Å². The molecule has 4 heteroatoms. The minimum atomic E-state index is 0.522. The van der Waals surface area contributed by atoms with Crippen LogP contribution < -0.4 is 9.47 Å². The minimum Gasteiger partial charge on any atom is -0.486 e. The van der Waals surface area contributed by atoms with Gasteiger partial charge in [0, 0.05) is 6.54 Å². The molecule has 0 bridgehead atoms. The van der Waals surface area contributed by atoms with Gasteiger partial charge in [-0.3, -0.25) is 4.90 Å². The molecule has 1 heterocycles. The van der Waals surface area contributed by atoms with Gasteiger partial charge >= 0.3 is 0 Å². The van der Waals surface area contributed by atoms with Gasteiger partial charge in [-0.25, -0.2) is 0 Å². The Morgan fingerprint density at radius 3 is 2.73 bits per heavy atom. The molecular weight excluding hydrogens is 214 g/mol. The van der Waals surface area contributed by atoms with Crippen molar-refractivity contribution in [2.45, 2.75) is 6.54 Å². The van der Waals surface area contributed by atoms with Gasteiger partial charge in [-0.05, 0) is 24.7 Å².